The maximum Gasteiger partial charge on any atom is 0.324 e. The van der Waals surface area contributed by atoms with Crippen molar-refractivity contribution in [1.29, 1.82) is 0 Å². The molecule has 2 aromatic carbocycles. The maximum absolute atomic E-state index is 14.3. The Bertz CT molecular complexity index is 1560. The molecule has 282 valence electrons. The summed E-state index contributed by atoms with van der Waals surface area (Å²) in [5, 5.41) is 17.3. The van der Waals surface area contributed by atoms with Gasteiger partial charge in [-0.25, -0.2) is 5.43 Å². The van der Waals surface area contributed by atoms with Gasteiger partial charge in [0.15, 0.2) is 0 Å². The number of amides is 3. The third-order valence-electron chi connectivity index (χ3n) is 9.50. The molecule has 0 aromatic heterocycles. The summed E-state index contributed by atoms with van der Waals surface area (Å²) < 4.78 is 22.4. The molecule has 4 rings (SSSR count). The summed E-state index contributed by atoms with van der Waals surface area (Å²) in [6, 6.07) is 10.6. The third-order valence-corrected chi connectivity index (χ3v) is 9.50. The standard InChI is InChI=1S/C39H52N4O9/c1-25-34(50-4)15-8-6-7-9-21-52-39(48)31-14-11-20-43(42-31)38(47)33(24-28-12-10-13-29(44)22-28)41-37(46)32(40-36(45)26(2)35(25)51-5)23-27-16-18-30(49-3)19-17-27/h6-8,10,12-13,15-19,22,25-26,31-35,42,44H,9,11,14,20-21,23-24H2,1-5H3,(H,40,45)(H,41,46)/t25-,26+,31-,32-,33-,34-,35+/m0/s1. The highest BCUT2D eigenvalue weighted by Crippen LogP contribution is 2.24. The Kier molecular flexibility index (Phi) is 15.2. The Morgan fingerprint density at radius 3 is 2.31 bits per heavy atom. The number of carbonyl (C=O) groups excluding carboxylic acids is 4. The zero-order valence-corrected chi connectivity index (χ0v) is 30.6. The molecule has 2 bridgehead atoms. The number of hydrogen-bond donors (Lipinski definition) is 4. The number of allylic oxidation sites excluding steroid dienone is 2. The number of hydrogen-bond acceptors (Lipinski definition) is 10. The van der Waals surface area contributed by atoms with E-state index in [-0.39, 0.29) is 31.1 Å². The smallest absolute Gasteiger partial charge is 0.324 e. The Labute approximate surface area is 305 Å². The fourth-order valence-electron chi connectivity index (χ4n) is 6.56. The van der Waals surface area contributed by atoms with Crippen molar-refractivity contribution < 1.29 is 43.2 Å². The lowest BCUT2D eigenvalue weighted by Crippen LogP contribution is -2.62. The van der Waals surface area contributed by atoms with Crippen LogP contribution in [0.4, 0.5) is 0 Å². The van der Waals surface area contributed by atoms with E-state index in [9.17, 15) is 24.3 Å². The highest BCUT2D eigenvalue weighted by molar-refractivity contribution is 5.93. The Hall–Kier alpha value is -4.72. The van der Waals surface area contributed by atoms with Crippen LogP contribution in [0.1, 0.15) is 44.2 Å². The monoisotopic (exact) mass is 720 g/mol. The number of phenols is 1. The number of fused-ring (bicyclic) bond motifs is 2. The van der Waals surface area contributed by atoms with Crippen molar-refractivity contribution in [3.05, 3.63) is 84.0 Å². The molecule has 0 radical (unpaired) electrons. The first-order valence-electron chi connectivity index (χ1n) is 17.7. The number of benzene rings is 2. The van der Waals surface area contributed by atoms with Crippen molar-refractivity contribution >= 4 is 23.7 Å². The summed E-state index contributed by atoms with van der Waals surface area (Å²) in [7, 11) is 4.67. The average Bonchev–Trinajstić information content (AvgIpc) is 3.15. The summed E-state index contributed by atoms with van der Waals surface area (Å²) in [5.74, 6) is -2.27. The molecule has 0 saturated carbocycles. The van der Waals surface area contributed by atoms with Gasteiger partial charge in [-0.2, -0.15) is 0 Å². The lowest BCUT2D eigenvalue weighted by molar-refractivity contribution is -0.153. The van der Waals surface area contributed by atoms with Gasteiger partial charge in [0.1, 0.15) is 29.6 Å². The molecule has 52 heavy (non-hydrogen) atoms. The van der Waals surface area contributed by atoms with E-state index in [1.54, 1.807) is 57.5 Å². The Morgan fingerprint density at radius 1 is 0.885 bits per heavy atom. The molecule has 0 unspecified atom stereocenters. The minimum Gasteiger partial charge on any atom is -0.508 e. The number of carbonyl (C=O) groups is 4. The van der Waals surface area contributed by atoms with Crippen molar-refractivity contribution in [2.45, 2.75) is 76.3 Å². The van der Waals surface area contributed by atoms with E-state index in [0.717, 1.165) is 5.56 Å². The minimum absolute atomic E-state index is 0.00945. The molecule has 13 nitrogen and oxygen atoms in total. The second-order valence-corrected chi connectivity index (χ2v) is 13.2. The highest BCUT2D eigenvalue weighted by atomic mass is 16.5. The molecule has 1 fully saturated rings. The first-order chi connectivity index (χ1) is 25.0. The number of hydrazine groups is 1. The zero-order valence-electron chi connectivity index (χ0n) is 30.6. The first kappa shape index (κ1) is 40.1. The number of phenolic OH excluding ortho intramolecular Hbond substituents is 1. The molecule has 2 aromatic rings. The predicted octanol–water partition coefficient (Wildman–Crippen LogP) is 3.01. The van der Waals surface area contributed by atoms with Crippen LogP contribution in [0.5, 0.6) is 11.5 Å². The normalized spacial score (nSPS) is 27.1. The van der Waals surface area contributed by atoms with Crippen LogP contribution >= 0.6 is 0 Å². The van der Waals surface area contributed by atoms with Crippen molar-refractivity contribution in [1.82, 2.24) is 21.1 Å². The van der Waals surface area contributed by atoms with Gasteiger partial charge >= 0.3 is 5.97 Å². The summed E-state index contributed by atoms with van der Waals surface area (Å²) >= 11 is 0. The van der Waals surface area contributed by atoms with E-state index < -0.39 is 59.9 Å². The second kappa shape index (κ2) is 19.8. The zero-order chi connectivity index (χ0) is 37.6. The summed E-state index contributed by atoms with van der Waals surface area (Å²) in [4.78, 5) is 55.4. The minimum atomic E-state index is -1.12. The van der Waals surface area contributed by atoms with Gasteiger partial charge in [-0.15, -0.1) is 0 Å². The molecule has 4 N–H and O–H groups in total. The van der Waals surface area contributed by atoms with E-state index in [1.165, 1.54) is 24.3 Å². The van der Waals surface area contributed by atoms with E-state index in [1.807, 2.05) is 31.2 Å². The van der Waals surface area contributed by atoms with Gasteiger partial charge in [-0.1, -0.05) is 62.4 Å². The number of cyclic esters (lactones) is 1. The lowest BCUT2D eigenvalue weighted by atomic mass is 9.87. The van der Waals surface area contributed by atoms with Gasteiger partial charge in [0.2, 0.25) is 11.8 Å². The van der Waals surface area contributed by atoms with Crippen LogP contribution in [0.15, 0.2) is 72.8 Å². The van der Waals surface area contributed by atoms with E-state index in [4.69, 9.17) is 18.9 Å². The topological polar surface area (TPSA) is 165 Å². The van der Waals surface area contributed by atoms with Crippen LogP contribution < -0.4 is 20.8 Å². The average molecular weight is 721 g/mol. The molecule has 0 aliphatic carbocycles. The van der Waals surface area contributed by atoms with Gasteiger partial charge in [-0.05, 0) is 54.7 Å². The van der Waals surface area contributed by atoms with Crippen LogP contribution in [0.25, 0.3) is 0 Å². The SMILES string of the molecule is COc1ccc(C[C@@H]2NC(=O)[C@H](C)[C@H](OC)[C@@H](C)[C@@H](OC)C=CC=CCCOC(=O)[C@@H]3CCCN(N3)C(=O)[C@H](Cc3cccc(O)c3)NC2=O)cc1. The van der Waals surface area contributed by atoms with E-state index >= 15 is 0 Å². The number of nitrogens with zero attached hydrogens (tertiary/aromatic N) is 1. The molecule has 2 heterocycles. The van der Waals surface area contributed by atoms with Crippen LogP contribution in [0, 0.1) is 11.8 Å². The predicted molar refractivity (Wildman–Crippen MR) is 194 cm³/mol. The first-order valence-corrected chi connectivity index (χ1v) is 17.7. The molecule has 0 spiro atoms. The largest absolute Gasteiger partial charge is 0.508 e. The summed E-state index contributed by atoms with van der Waals surface area (Å²) in [6.45, 7) is 4.12. The van der Waals surface area contributed by atoms with Crippen LogP contribution in [0.3, 0.4) is 0 Å². The van der Waals surface area contributed by atoms with Crippen LogP contribution in [0.2, 0.25) is 0 Å². The van der Waals surface area contributed by atoms with Gasteiger partial charge in [-0.3, -0.25) is 24.2 Å². The highest BCUT2D eigenvalue weighted by Gasteiger charge is 2.37. The van der Waals surface area contributed by atoms with Crippen molar-refractivity contribution in [2.24, 2.45) is 11.8 Å². The molecule has 7 atom stereocenters. The molecule has 2 aliphatic rings. The molecule has 2 aliphatic heterocycles. The van der Waals surface area contributed by atoms with E-state index in [0.29, 0.717) is 37.1 Å². The van der Waals surface area contributed by atoms with E-state index in [2.05, 4.69) is 16.1 Å². The van der Waals surface area contributed by atoms with Gasteiger partial charge < -0.3 is 34.7 Å². The lowest BCUT2D eigenvalue weighted by Gasteiger charge is -2.35. The number of methoxy groups -OCH3 is 3. The Morgan fingerprint density at radius 2 is 1.62 bits per heavy atom. The summed E-state index contributed by atoms with van der Waals surface area (Å²) in [6.07, 6.45) is 8.07. The number of ether oxygens (including phenoxy) is 4. The van der Waals surface area contributed by atoms with Crippen molar-refractivity contribution in [3.63, 3.8) is 0 Å². The molecular weight excluding hydrogens is 668 g/mol. The van der Waals surface area contributed by atoms with Crippen LogP contribution in [-0.2, 0) is 46.2 Å². The number of aromatic hydroxyl groups is 1. The van der Waals surface area contributed by atoms with Crippen LogP contribution in [-0.4, -0.2) is 98.6 Å². The fourth-order valence-corrected chi connectivity index (χ4v) is 6.56. The number of esters is 1. The molecule has 1 saturated heterocycles. The second-order valence-electron chi connectivity index (χ2n) is 13.2. The molecule has 13 heteroatoms. The van der Waals surface area contributed by atoms with Gasteiger partial charge in [0.05, 0.1) is 31.8 Å². The Balaban J connectivity index is 1.71. The molecule has 3 amide bonds. The quantitative estimate of drug-likeness (QED) is 0.313. The van der Waals surface area contributed by atoms with Gasteiger partial charge in [0.25, 0.3) is 5.91 Å². The number of rotatable bonds is 7. The molecular formula is C39H52N4O9. The van der Waals surface area contributed by atoms with Gasteiger partial charge in [0, 0.05) is 39.5 Å². The third kappa shape index (κ3) is 11.1. The van der Waals surface area contributed by atoms with Crippen molar-refractivity contribution in [3.8, 4) is 11.5 Å². The summed E-state index contributed by atoms with van der Waals surface area (Å²) in [5.41, 5.74) is 4.35. The maximum atomic E-state index is 14.3. The van der Waals surface area contributed by atoms with Crippen molar-refractivity contribution in [2.75, 3.05) is 34.5 Å². The fraction of sp³-hybridized carbons (Fsp3) is 0.487. The number of nitrogens with one attached hydrogen (secondary N) is 3.